The van der Waals surface area contributed by atoms with Crippen LogP contribution in [-0.2, 0) is 9.53 Å². The molecule has 1 atom stereocenters. The van der Waals surface area contributed by atoms with Crippen molar-refractivity contribution in [3.05, 3.63) is 101 Å². The molecular weight excluding hydrogens is 416 g/mol. The molecule has 2 N–H and O–H groups in total. The van der Waals surface area contributed by atoms with E-state index in [2.05, 4.69) is 17.6 Å². The standard InChI is InChI=1S/C27H26N2O4/c1-4-32-26(30)23-24(19-8-6-5-7-9-19)28-27(31)29-25(23)20-11-14-21(15-12-20)33-22-13-10-17(2)18(3)16-22/h5-16,25H,4H2,1-3H3,(H2,28,29,31). The fourth-order valence-corrected chi connectivity index (χ4v) is 3.72. The highest BCUT2D eigenvalue weighted by molar-refractivity contribution is 6.04. The van der Waals surface area contributed by atoms with Gasteiger partial charge in [0.05, 0.1) is 23.9 Å². The molecule has 0 saturated carbocycles. The lowest BCUT2D eigenvalue weighted by Crippen LogP contribution is -2.45. The Morgan fingerprint density at radius 2 is 1.61 bits per heavy atom. The van der Waals surface area contributed by atoms with Gasteiger partial charge in [0.1, 0.15) is 11.5 Å². The van der Waals surface area contributed by atoms with Gasteiger partial charge in [0.15, 0.2) is 0 Å². The first-order valence-electron chi connectivity index (χ1n) is 10.9. The van der Waals surface area contributed by atoms with E-state index in [1.807, 2.05) is 79.7 Å². The van der Waals surface area contributed by atoms with Crippen molar-refractivity contribution < 1.29 is 19.1 Å². The molecule has 0 fully saturated rings. The molecule has 0 saturated heterocycles. The third-order valence-electron chi connectivity index (χ3n) is 5.56. The smallest absolute Gasteiger partial charge is 0.338 e. The van der Waals surface area contributed by atoms with Gasteiger partial charge in [0, 0.05) is 0 Å². The SMILES string of the molecule is CCOC(=O)C1=C(c2ccccc2)NC(=O)NC1c1ccc(Oc2ccc(C)c(C)c2)cc1. The van der Waals surface area contributed by atoms with Gasteiger partial charge in [-0.15, -0.1) is 0 Å². The number of amides is 2. The molecule has 3 aromatic rings. The molecular formula is C27H26N2O4. The zero-order valence-electron chi connectivity index (χ0n) is 18.8. The molecule has 1 unspecified atom stereocenters. The van der Waals surface area contributed by atoms with E-state index in [4.69, 9.17) is 9.47 Å². The Morgan fingerprint density at radius 3 is 2.27 bits per heavy atom. The van der Waals surface area contributed by atoms with Crippen molar-refractivity contribution in [1.82, 2.24) is 10.6 Å². The lowest BCUT2D eigenvalue weighted by Gasteiger charge is -2.29. The van der Waals surface area contributed by atoms with Crippen LogP contribution in [0.25, 0.3) is 5.70 Å². The summed E-state index contributed by atoms with van der Waals surface area (Å²) in [6, 6.07) is 21.5. The minimum absolute atomic E-state index is 0.230. The molecule has 0 aliphatic carbocycles. The van der Waals surface area contributed by atoms with Crippen molar-refractivity contribution in [2.45, 2.75) is 26.8 Å². The van der Waals surface area contributed by atoms with Gasteiger partial charge in [-0.2, -0.15) is 0 Å². The van der Waals surface area contributed by atoms with Gasteiger partial charge in [-0.3, -0.25) is 0 Å². The van der Waals surface area contributed by atoms with Crippen LogP contribution in [0.1, 0.15) is 35.2 Å². The van der Waals surface area contributed by atoms with Crippen LogP contribution in [0.15, 0.2) is 78.4 Å². The van der Waals surface area contributed by atoms with Crippen molar-refractivity contribution in [3.8, 4) is 11.5 Å². The van der Waals surface area contributed by atoms with Gasteiger partial charge in [-0.05, 0) is 67.3 Å². The second kappa shape index (κ2) is 9.61. The second-order valence-corrected chi connectivity index (χ2v) is 7.82. The Hall–Kier alpha value is -4.06. The van der Waals surface area contributed by atoms with Crippen LogP contribution in [0.4, 0.5) is 4.79 Å². The maximum Gasteiger partial charge on any atom is 0.338 e. The number of aryl methyl sites for hydroxylation is 2. The number of nitrogens with one attached hydrogen (secondary N) is 2. The summed E-state index contributed by atoms with van der Waals surface area (Å²) in [6.45, 7) is 6.08. The summed E-state index contributed by atoms with van der Waals surface area (Å²) in [6.07, 6.45) is 0. The fourth-order valence-electron chi connectivity index (χ4n) is 3.72. The molecule has 0 spiro atoms. The van der Waals surface area contributed by atoms with Crippen molar-refractivity contribution in [1.29, 1.82) is 0 Å². The van der Waals surface area contributed by atoms with Crippen LogP contribution in [0.5, 0.6) is 11.5 Å². The molecule has 33 heavy (non-hydrogen) atoms. The molecule has 1 aliphatic heterocycles. The van der Waals surface area contributed by atoms with Gasteiger partial charge < -0.3 is 20.1 Å². The van der Waals surface area contributed by atoms with Crippen molar-refractivity contribution in [2.75, 3.05) is 6.61 Å². The molecule has 6 heteroatoms. The third kappa shape index (κ3) is 4.90. The number of urea groups is 1. The van der Waals surface area contributed by atoms with Gasteiger partial charge in [0.25, 0.3) is 0 Å². The third-order valence-corrected chi connectivity index (χ3v) is 5.56. The first kappa shape index (κ1) is 22.1. The zero-order chi connectivity index (χ0) is 23.4. The molecule has 1 heterocycles. The Kier molecular flexibility index (Phi) is 6.45. The van der Waals surface area contributed by atoms with Gasteiger partial charge in [0.2, 0.25) is 0 Å². The van der Waals surface area contributed by atoms with Gasteiger partial charge in [-0.1, -0.05) is 48.5 Å². The van der Waals surface area contributed by atoms with Crippen LogP contribution in [0.2, 0.25) is 0 Å². The van der Waals surface area contributed by atoms with E-state index in [1.54, 1.807) is 6.92 Å². The van der Waals surface area contributed by atoms with Crippen LogP contribution in [-0.4, -0.2) is 18.6 Å². The Balaban J connectivity index is 1.68. The fraction of sp³-hybridized carbons (Fsp3) is 0.185. The Bertz CT molecular complexity index is 1200. The van der Waals surface area contributed by atoms with E-state index < -0.39 is 12.0 Å². The van der Waals surface area contributed by atoms with E-state index in [9.17, 15) is 9.59 Å². The highest BCUT2D eigenvalue weighted by Crippen LogP contribution is 2.33. The van der Waals surface area contributed by atoms with E-state index >= 15 is 0 Å². The predicted octanol–water partition coefficient (Wildman–Crippen LogP) is 5.42. The molecule has 2 amide bonds. The summed E-state index contributed by atoms with van der Waals surface area (Å²) in [7, 11) is 0. The molecule has 0 aromatic heterocycles. The topological polar surface area (TPSA) is 76.7 Å². The second-order valence-electron chi connectivity index (χ2n) is 7.82. The summed E-state index contributed by atoms with van der Waals surface area (Å²) in [5.41, 5.74) is 4.62. The van der Waals surface area contributed by atoms with E-state index in [0.717, 1.165) is 22.4 Å². The Labute approximate surface area is 193 Å². The first-order chi connectivity index (χ1) is 16.0. The highest BCUT2D eigenvalue weighted by atomic mass is 16.5. The number of rotatable bonds is 6. The monoisotopic (exact) mass is 442 g/mol. The first-order valence-corrected chi connectivity index (χ1v) is 10.9. The number of benzene rings is 3. The molecule has 0 bridgehead atoms. The molecule has 1 aliphatic rings. The maximum atomic E-state index is 12.9. The molecule has 6 nitrogen and oxygen atoms in total. The largest absolute Gasteiger partial charge is 0.463 e. The van der Waals surface area contributed by atoms with Gasteiger partial charge >= 0.3 is 12.0 Å². The Morgan fingerprint density at radius 1 is 0.909 bits per heavy atom. The van der Waals surface area contributed by atoms with Crippen LogP contribution >= 0.6 is 0 Å². The number of carbonyl (C=O) groups excluding carboxylic acids is 2. The molecule has 168 valence electrons. The minimum atomic E-state index is -0.663. The van der Waals surface area contributed by atoms with Gasteiger partial charge in [-0.25, -0.2) is 9.59 Å². The predicted molar refractivity (Wildman–Crippen MR) is 127 cm³/mol. The van der Waals surface area contributed by atoms with Crippen molar-refractivity contribution in [2.24, 2.45) is 0 Å². The van der Waals surface area contributed by atoms with Crippen molar-refractivity contribution >= 4 is 17.7 Å². The summed E-state index contributed by atoms with van der Waals surface area (Å²) >= 11 is 0. The minimum Gasteiger partial charge on any atom is -0.463 e. The quantitative estimate of drug-likeness (QED) is 0.500. The molecule has 0 radical (unpaired) electrons. The lowest BCUT2D eigenvalue weighted by molar-refractivity contribution is -0.138. The zero-order valence-corrected chi connectivity index (χ0v) is 18.8. The summed E-state index contributed by atoms with van der Waals surface area (Å²) in [5, 5.41) is 5.63. The number of hydrogen-bond donors (Lipinski definition) is 2. The number of hydrogen-bond acceptors (Lipinski definition) is 4. The van der Waals surface area contributed by atoms with E-state index in [-0.39, 0.29) is 12.6 Å². The maximum absolute atomic E-state index is 12.9. The van der Waals surface area contributed by atoms with Crippen LogP contribution < -0.4 is 15.4 Å². The number of ether oxygens (including phenoxy) is 2. The summed E-state index contributed by atoms with van der Waals surface area (Å²) in [5.74, 6) is 0.927. The van der Waals surface area contributed by atoms with Crippen molar-refractivity contribution in [3.63, 3.8) is 0 Å². The summed E-state index contributed by atoms with van der Waals surface area (Å²) < 4.78 is 11.3. The highest BCUT2D eigenvalue weighted by Gasteiger charge is 2.34. The van der Waals surface area contributed by atoms with E-state index in [0.29, 0.717) is 17.0 Å². The van der Waals surface area contributed by atoms with Crippen LogP contribution in [0, 0.1) is 13.8 Å². The average molecular weight is 443 g/mol. The van der Waals surface area contributed by atoms with E-state index in [1.165, 1.54) is 5.56 Å². The normalized spacial score (nSPS) is 15.5. The number of esters is 1. The molecule has 4 rings (SSSR count). The summed E-state index contributed by atoms with van der Waals surface area (Å²) in [4.78, 5) is 25.4. The van der Waals surface area contributed by atoms with Crippen LogP contribution in [0.3, 0.4) is 0 Å². The lowest BCUT2D eigenvalue weighted by atomic mass is 9.92. The average Bonchev–Trinajstić information content (AvgIpc) is 2.82. The number of carbonyl (C=O) groups is 2. The molecule has 3 aromatic carbocycles.